The van der Waals surface area contributed by atoms with Crippen LogP contribution in [-0.2, 0) is 0 Å². The van der Waals surface area contributed by atoms with Crippen molar-refractivity contribution >= 4 is 16.7 Å². The third kappa shape index (κ3) is 3.71. The highest BCUT2D eigenvalue weighted by molar-refractivity contribution is 5.85. The van der Waals surface area contributed by atoms with Gasteiger partial charge in [-0.15, -0.1) is 10.2 Å². The van der Waals surface area contributed by atoms with Crippen LogP contribution in [0, 0.1) is 18.6 Å². The van der Waals surface area contributed by atoms with Gasteiger partial charge in [-0.3, -0.25) is 4.40 Å². The van der Waals surface area contributed by atoms with Crippen LogP contribution in [0.4, 0.5) is 8.78 Å². The van der Waals surface area contributed by atoms with Gasteiger partial charge in [0.05, 0.1) is 30.0 Å². The van der Waals surface area contributed by atoms with Gasteiger partial charge in [-0.25, -0.2) is 13.8 Å². The van der Waals surface area contributed by atoms with Gasteiger partial charge in [-0.05, 0) is 74.9 Å². The molecule has 5 rings (SSSR count). The summed E-state index contributed by atoms with van der Waals surface area (Å²) >= 11 is 0. The average molecular weight is 460 g/mol. The predicted molar refractivity (Wildman–Crippen MR) is 126 cm³/mol. The maximum Gasteiger partial charge on any atom is 0.183 e. The molecule has 0 aliphatic carbocycles. The average Bonchev–Trinajstić information content (AvgIpc) is 3.18. The molecule has 0 fully saturated rings. The second-order valence-corrected chi connectivity index (χ2v) is 7.73. The second kappa shape index (κ2) is 8.70. The fourth-order valence-corrected chi connectivity index (χ4v) is 4.02. The van der Waals surface area contributed by atoms with Crippen molar-refractivity contribution < 1.29 is 18.3 Å². The molecule has 0 aliphatic heterocycles. The first-order chi connectivity index (χ1) is 16.5. The molecule has 34 heavy (non-hydrogen) atoms. The summed E-state index contributed by atoms with van der Waals surface area (Å²) in [5, 5.41) is 8.61. The zero-order chi connectivity index (χ0) is 23.8. The Balaban J connectivity index is 1.77. The molecule has 0 atom stereocenters. The topological polar surface area (TPSA) is 61.5 Å². The number of hydrogen-bond donors (Lipinski definition) is 0. The van der Waals surface area contributed by atoms with Gasteiger partial charge < -0.3 is 9.47 Å². The molecule has 0 unspecified atom stereocenters. The van der Waals surface area contributed by atoms with Crippen LogP contribution >= 0.6 is 0 Å². The molecule has 6 nitrogen and oxygen atoms in total. The van der Waals surface area contributed by atoms with Crippen LogP contribution in [-0.4, -0.2) is 32.8 Å². The number of hydrogen-bond acceptors (Lipinski definition) is 5. The quantitative estimate of drug-likeness (QED) is 0.311. The summed E-state index contributed by atoms with van der Waals surface area (Å²) in [4.78, 5) is 4.60. The van der Waals surface area contributed by atoms with E-state index in [2.05, 4.69) is 15.2 Å². The molecule has 3 aromatic carbocycles. The summed E-state index contributed by atoms with van der Waals surface area (Å²) < 4.78 is 42.6. The molecule has 0 aliphatic rings. The van der Waals surface area contributed by atoms with Crippen LogP contribution in [0.3, 0.4) is 0 Å². The Morgan fingerprint density at radius 2 is 1.44 bits per heavy atom. The molecule has 0 amide bonds. The van der Waals surface area contributed by atoms with E-state index >= 15 is 0 Å². The molecule has 5 aromatic rings. The lowest BCUT2D eigenvalue weighted by Gasteiger charge is -2.11. The van der Waals surface area contributed by atoms with Crippen molar-refractivity contribution in [3.63, 3.8) is 0 Å². The Hall–Kier alpha value is -4.07. The standard InChI is InChI=1S/C26H22F2N4O2/c1-4-33-17-7-9-21(27)19(13-17)16-6-11-23-24(12-16)32-25(31-30-23)15(3)29-26(32)20-14-18(34-5-2)8-10-22(20)28/h6-14H,4-5H2,1-3H3. The lowest BCUT2D eigenvalue weighted by molar-refractivity contribution is 0.339. The molecular formula is C26H22F2N4O2. The molecule has 0 bridgehead atoms. The van der Waals surface area contributed by atoms with Crippen LogP contribution in [0.5, 0.6) is 11.5 Å². The lowest BCUT2D eigenvalue weighted by atomic mass is 10.0. The summed E-state index contributed by atoms with van der Waals surface area (Å²) in [6, 6.07) is 14.5. The van der Waals surface area contributed by atoms with E-state index in [4.69, 9.17) is 9.47 Å². The number of aryl methyl sites for hydroxylation is 1. The van der Waals surface area contributed by atoms with Crippen molar-refractivity contribution in [3.05, 3.63) is 71.9 Å². The molecule has 0 saturated heterocycles. The number of aromatic nitrogens is 4. The van der Waals surface area contributed by atoms with Gasteiger partial charge in [0.2, 0.25) is 0 Å². The van der Waals surface area contributed by atoms with E-state index in [1.54, 1.807) is 53.8 Å². The number of fused-ring (bicyclic) bond motifs is 3. The third-order valence-electron chi connectivity index (χ3n) is 5.54. The minimum atomic E-state index is -0.438. The zero-order valence-corrected chi connectivity index (χ0v) is 19.0. The smallest absolute Gasteiger partial charge is 0.183 e. The second-order valence-electron chi connectivity index (χ2n) is 7.73. The normalized spacial score (nSPS) is 11.3. The Morgan fingerprint density at radius 1 is 0.794 bits per heavy atom. The Labute approximate surface area is 194 Å². The minimum absolute atomic E-state index is 0.276. The van der Waals surface area contributed by atoms with Gasteiger partial charge in [0.1, 0.15) is 34.5 Å². The van der Waals surface area contributed by atoms with Gasteiger partial charge in [0.15, 0.2) is 5.65 Å². The first kappa shape index (κ1) is 21.8. The highest BCUT2D eigenvalue weighted by Crippen LogP contribution is 2.33. The van der Waals surface area contributed by atoms with Crippen molar-refractivity contribution in [3.8, 4) is 34.0 Å². The van der Waals surface area contributed by atoms with E-state index in [0.29, 0.717) is 64.0 Å². The summed E-state index contributed by atoms with van der Waals surface area (Å²) in [7, 11) is 0. The number of ether oxygens (including phenoxy) is 2. The highest BCUT2D eigenvalue weighted by Gasteiger charge is 2.19. The molecule has 0 saturated carbocycles. The number of imidazole rings is 1. The number of rotatable bonds is 6. The summed E-state index contributed by atoms with van der Waals surface area (Å²) in [6.45, 7) is 6.46. The molecule has 2 heterocycles. The minimum Gasteiger partial charge on any atom is -0.494 e. The maximum absolute atomic E-state index is 14.9. The third-order valence-corrected chi connectivity index (χ3v) is 5.54. The van der Waals surface area contributed by atoms with Crippen LogP contribution in [0.15, 0.2) is 54.6 Å². The number of halogens is 2. The van der Waals surface area contributed by atoms with Gasteiger partial charge in [0, 0.05) is 5.56 Å². The summed E-state index contributed by atoms with van der Waals surface area (Å²) in [5.41, 5.74) is 3.57. The van der Waals surface area contributed by atoms with E-state index < -0.39 is 5.82 Å². The van der Waals surface area contributed by atoms with Crippen molar-refractivity contribution in [1.29, 1.82) is 0 Å². The van der Waals surface area contributed by atoms with Gasteiger partial charge in [0.25, 0.3) is 0 Å². The van der Waals surface area contributed by atoms with Crippen LogP contribution in [0.2, 0.25) is 0 Å². The predicted octanol–water partition coefficient (Wildman–Crippen LogP) is 6.00. The molecular weight excluding hydrogens is 438 g/mol. The SMILES string of the molecule is CCOc1ccc(F)c(-c2ccc3nnc4c(C)nc(-c5cc(OCC)ccc5F)n4c3c2)c1. The Bertz CT molecular complexity index is 1530. The number of benzene rings is 3. The molecule has 0 spiro atoms. The first-order valence-corrected chi connectivity index (χ1v) is 11.0. The van der Waals surface area contributed by atoms with Crippen molar-refractivity contribution in [2.75, 3.05) is 13.2 Å². The van der Waals surface area contributed by atoms with Crippen LogP contribution in [0.25, 0.3) is 39.2 Å². The lowest BCUT2D eigenvalue weighted by Crippen LogP contribution is -2.00. The van der Waals surface area contributed by atoms with E-state index in [1.807, 2.05) is 13.8 Å². The van der Waals surface area contributed by atoms with E-state index in [-0.39, 0.29) is 11.4 Å². The van der Waals surface area contributed by atoms with Crippen molar-refractivity contribution in [2.24, 2.45) is 0 Å². The van der Waals surface area contributed by atoms with Gasteiger partial charge in [-0.1, -0.05) is 6.07 Å². The molecule has 2 aromatic heterocycles. The zero-order valence-electron chi connectivity index (χ0n) is 19.0. The molecule has 172 valence electrons. The van der Waals surface area contributed by atoms with E-state index in [1.165, 1.54) is 12.1 Å². The van der Waals surface area contributed by atoms with E-state index in [9.17, 15) is 8.78 Å². The Kier molecular flexibility index (Phi) is 5.57. The fraction of sp³-hybridized carbons (Fsp3) is 0.192. The summed E-state index contributed by atoms with van der Waals surface area (Å²) in [6.07, 6.45) is 0. The van der Waals surface area contributed by atoms with E-state index in [0.717, 1.165) is 0 Å². The maximum atomic E-state index is 14.9. The number of nitrogens with zero attached hydrogens (tertiary/aromatic N) is 4. The highest BCUT2D eigenvalue weighted by atomic mass is 19.1. The van der Waals surface area contributed by atoms with Crippen molar-refractivity contribution in [2.45, 2.75) is 20.8 Å². The van der Waals surface area contributed by atoms with Crippen molar-refractivity contribution in [1.82, 2.24) is 19.6 Å². The largest absolute Gasteiger partial charge is 0.494 e. The molecule has 0 radical (unpaired) electrons. The first-order valence-electron chi connectivity index (χ1n) is 11.0. The van der Waals surface area contributed by atoms with Crippen LogP contribution < -0.4 is 9.47 Å². The Morgan fingerprint density at radius 3 is 2.12 bits per heavy atom. The summed E-state index contributed by atoms with van der Waals surface area (Å²) in [5.74, 6) is 0.665. The van der Waals surface area contributed by atoms with Gasteiger partial charge in [-0.2, -0.15) is 0 Å². The van der Waals surface area contributed by atoms with Gasteiger partial charge >= 0.3 is 0 Å². The van der Waals surface area contributed by atoms with Crippen LogP contribution in [0.1, 0.15) is 19.5 Å². The molecule has 0 N–H and O–H groups in total. The monoisotopic (exact) mass is 460 g/mol. The fourth-order valence-electron chi connectivity index (χ4n) is 4.02. The molecule has 8 heteroatoms.